The fourth-order valence-corrected chi connectivity index (χ4v) is 3.58. The minimum Gasteiger partial charge on any atom is -0.495 e. The third kappa shape index (κ3) is 2.32. The average Bonchev–Trinajstić information content (AvgIpc) is 2.63. The minimum absolute atomic E-state index is 0.00669. The van der Waals surface area contributed by atoms with Crippen LogP contribution in [0, 0.1) is 10.1 Å². The molecule has 0 radical (unpaired) electrons. The van der Waals surface area contributed by atoms with Gasteiger partial charge in [0.1, 0.15) is 5.75 Å². The molecule has 0 saturated carbocycles. The molecule has 7 nitrogen and oxygen atoms in total. The van der Waals surface area contributed by atoms with Crippen LogP contribution in [-0.2, 0) is 5.33 Å². The molecular weight excluding hydrogens is 394 g/mol. The summed E-state index contributed by atoms with van der Waals surface area (Å²) in [5.74, 6) is -1.17. The molecule has 128 valence electrons. The number of carbonyl (C=O) groups is 2. The summed E-state index contributed by atoms with van der Waals surface area (Å²) >= 11 is 3.19. The largest absolute Gasteiger partial charge is 0.495 e. The first kappa shape index (κ1) is 17.1. The molecule has 8 heteroatoms. The van der Waals surface area contributed by atoms with E-state index in [1.165, 1.54) is 20.3 Å². The highest BCUT2D eigenvalue weighted by Crippen LogP contribution is 2.48. The van der Waals surface area contributed by atoms with Crippen LogP contribution in [0.3, 0.4) is 0 Å². The summed E-state index contributed by atoms with van der Waals surface area (Å²) < 4.78 is 10.5. The van der Waals surface area contributed by atoms with Gasteiger partial charge < -0.3 is 9.47 Å². The quantitative estimate of drug-likeness (QED) is 0.375. The van der Waals surface area contributed by atoms with Crippen molar-refractivity contribution in [3.05, 3.63) is 62.2 Å². The van der Waals surface area contributed by atoms with Crippen LogP contribution < -0.4 is 9.47 Å². The standard InChI is InChI=1S/C17H12BrNO6/c1-24-16-10(7-18)13(19(22)23)17(25-2)12-11(16)14(20)8-5-3-4-6-9(8)15(12)21/h3-6H,7H2,1-2H3. The summed E-state index contributed by atoms with van der Waals surface area (Å²) in [6.07, 6.45) is 0. The van der Waals surface area contributed by atoms with Gasteiger partial charge in [-0.25, -0.2) is 0 Å². The van der Waals surface area contributed by atoms with Gasteiger partial charge >= 0.3 is 5.69 Å². The lowest BCUT2D eigenvalue weighted by molar-refractivity contribution is -0.386. The Morgan fingerprint density at radius 1 is 1.00 bits per heavy atom. The average molecular weight is 406 g/mol. The minimum atomic E-state index is -0.642. The number of halogens is 1. The molecule has 2 aromatic rings. The number of alkyl halides is 1. The van der Waals surface area contributed by atoms with E-state index in [2.05, 4.69) is 15.9 Å². The maximum Gasteiger partial charge on any atom is 0.319 e. The molecule has 0 fully saturated rings. The van der Waals surface area contributed by atoms with Crippen molar-refractivity contribution < 1.29 is 24.0 Å². The second kappa shape index (κ2) is 6.29. The summed E-state index contributed by atoms with van der Waals surface area (Å²) in [6.45, 7) is 0. The van der Waals surface area contributed by atoms with Crippen molar-refractivity contribution in [2.24, 2.45) is 0 Å². The van der Waals surface area contributed by atoms with E-state index in [-0.39, 0.29) is 44.6 Å². The van der Waals surface area contributed by atoms with Crippen molar-refractivity contribution in [1.29, 1.82) is 0 Å². The summed E-state index contributed by atoms with van der Waals surface area (Å²) in [4.78, 5) is 36.9. The smallest absolute Gasteiger partial charge is 0.319 e. The molecule has 0 saturated heterocycles. The summed E-state index contributed by atoms with van der Waals surface area (Å²) in [5, 5.41) is 11.7. The maximum absolute atomic E-state index is 13.0. The van der Waals surface area contributed by atoms with Crippen molar-refractivity contribution in [3.8, 4) is 11.5 Å². The molecule has 0 heterocycles. The molecule has 0 N–H and O–H groups in total. The first-order valence-corrected chi connectivity index (χ1v) is 8.29. The lowest BCUT2D eigenvalue weighted by atomic mass is 9.81. The number of rotatable bonds is 4. The number of carbonyl (C=O) groups excluding carboxylic acids is 2. The molecule has 0 bridgehead atoms. The number of nitrogens with zero attached hydrogens (tertiary/aromatic N) is 1. The molecule has 0 spiro atoms. The highest BCUT2D eigenvalue weighted by Gasteiger charge is 2.41. The molecular formula is C17H12BrNO6. The van der Waals surface area contributed by atoms with Crippen LogP contribution in [0.25, 0.3) is 0 Å². The van der Waals surface area contributed by atoms with Gasteiger partial charge in [0.25, 0.3) is 0 Å². The zero-order valence-electron chi connectivity index (χ0n) is 13.3. The van der Waals surface area contributed by atoms with Gasteiger partial charge in [0.2, 0.25) is 5.75 Å². The number of fused-ring (bicyclic) bond motifs is 2. The van der Waals surface area contributed by atoms with Gasteiger partial charge in [-0.15, -0.1) is 0 Å². The summed E-state index contributed by atoms with van der Waals surface area (Å²) in [7, 11) is 2.53. The van der Waals surface area contributed by atoms with Crippen LogP contribution in [0.2, 0.25) is 0 Å². The van der Waals surface area contributed by atoms with Crippen LogP contribution >= 0.6 is 15.9 Å². The Hall–Kier alpha value is -2.74. The number of hydrogen-bond donors (Lipinski definition) is 0. The Labute approximate surface area is 150 Å². The first-order valence-electron chi connectivity index (χ1n) is 7.17. The highest BCUT2D eigenvalue weighted by atomic mass is 79.9. The van der Waals surface area contributed by atoms with E-state index in [4.69, 9.17) is 9.47 Å². The second-order valence-corrected chi connectivity index (χ2v) is 5.80. The van der Waals surface area contributed by atoms with Crippen LogP contribution in [0.4, 0.5) is 5.69 Å². The van der Waals surface area contributed by atoms with Gasteiger partial charge in [-0.3, -0.25) is 19.7 Å². The molecule has 25 heavy (non-hydrogen) atoms. The van der Waals surface area contributed by atoms with E-state index in [0.29, 0.717) is 0 Å². The van der Waals surface area contributed by atoms with Crippen LogP contribution in [0.15, 0.2) is 24.3 Å². The third-order valence-electron chi connectivity index (χ3n) is 4.07. The molecule has 0 unspecified atom stereocenters. The van der Waals surface area contributed by atoms with E-state index < -0.39 is 22.2 Å². The molecule has 0 aliphatic heterocycles. The predicted molar refractivity (Wildman–Crippen MR) is 92.1 cm³/mol. The zero-order chi connectivity index (χ0) is 18.3. The lowest BCUT2D eigenvalue weighted by Gasteiger charge is -2.23. The van der Waals surface area contributed by atoms with Gasteiger partial charge in [0, 0.05) is 16.5 Å². The van der Waals surface area contributed by atoms with E-state index in [9.17, 15) is 19.7 Å². The third-order valence-corrected chi connectivity index (χ3v) is 4.63. The number of nitro groups is 1. The van der Waals surface area contributed by atoms with E-state index in [1.807, 2.05) is 0 Å². The number of ether oxygens (including phenoxy) is 2. The molecule has 3 rings (SSSR count). The van der Waals surface area contributed by atoms with Gasteiger partial charge in [0.15, 0.2) is 11.6 Å². The van der Waals surface area contributed by atoms with Crippen molar-refractivity contribution in [2.45, 2.75) is 5.33 Å². The van der Waals surface area contributed by atoms with Gasteiger partial charge in [-0.05, 0) is 0 Å². The number of benzene rings is 2. The molecule has 1 aliphatic rings. The normalized spacial score (nSPS) is 12.4. The molecule has 1 aliphatic carbocycles. The molecule has 0 aromatic heterocycles. The number of nitro benzene ring substituents is 1. The lowest BCUT2D eigenvalue weighted by Crippen LogP contribution is -2.24. The fraction of sp³-hybridized carbons (Fsp3) is 0.176. The number of methoxy groups -OCH3 is 2. The highest BCUT2D eigenvalue weighted by molar-refractivity contribution is 9.08. The van der Waals surface area contributed by atoms with Crippen molar-refractivity contribution >= 4 is 33.2 Å². The Balaban J connectivity index is 2.51. The van der Waals surface area contributed by atoms with Crippen molar-refractivity contribution in [2.75, 3.05) is 14.2 Å². The van der Waals surface area contributed by atoms with Gasteiger partial charge in [-0.2, -0.15) is 0 Å². The zero-order valence-corrected chi connectivity index (χ0v) is 14.9. The van der Waals surface area contributed by atoms with E-state index >= 15 is 0 Å². The maximum atomic E-state index is 13.0. The summed E-state index contributed by atoms with van der Waals surface area (Å²) in [5.41, 5.74) is 0.0117. The topological polar surface area (TPSA) is 95.7 Å². The Bertz CT molecular complexity index is 937. The number of ketones is 2. The molecule has 2 aromatic carbocycles. The van der Waals surface area contributed by atoms with Crippen LogP contribution in [0.5, 0.6) is 11.5 Å². The van der Waals surface area contributed by atoms with E-state index in [0.717, 1.165) is 0 Å². The second-order valence-electron chi connectivity index (χ2n) is 5.24. The SMILES string of the molecule is COc1c(CBr)c([N+](=O)[O-])c(OC)c2c1C(=O)c1ccccc1C2=O. The molecule has 0 atom stereocenters. The fourth-order valence-electron chi connectivity index (χ4n) is 3.06. The Morgan fingerprint density at radius 3 is 1.88 bits per heavy atom. The Kier molecular flexibility index (Phi) is 4.30. The predicted octanol–water partition coefficient (Wildman–Crippen LogP) is 3.28. The molecule has 0 amide bonds. The van der Waals surface area contributed by atoms with Crippen LogP contribution in [0.1, 0.15) is 37.4 Å². The van der Waals surface area contributed by atoms with Crippen molar-refractivity contribution in [1.82, 2.24) is 0 Å². The summed E-state index contributed by atoms with van der Waals surface area (Å²) in [6, 6.07) is 6.32. The van der Waals surface area contributed by atoms with E-state index in [1.54, 1.807) is 18.2 Å². The van der Waals surface area contributed by atoms with Crippen molar-refractivity contribution in [3.63, 3.8) is 0 Å². The monoisotopic (exact) mass is 405 g/mol. The van der Waals surface area contributed by atoms with Gasteiger partial charge in [-0.1, -0.05) is 40.2 Å². The Morgan fingerprint density at radius 2 is 1.48 bits per heavy atom. The van der Waals surface area contributed by atoms with Crippen LogP contribution in [-0.4, -0.2) is 30.7 Å². The number of hydrogen-bond acceptors (Lipinski definition) is 6. The first-order chi connectivity index (χ1) is 12.0. The van der Waals surface area contributed by atoms with Gasteiger partial charge in [0.05, 0.1) is 35.8 Å².